The van der Waals surface area contributed by atoms with E-state index in [4.69, 9.17) is 21.1 Å². The summed E-state index contributed by atoms with van der Waals surface area (Å²) in [5, 5.41) is 13.2. The van der Waals surface area contributed by atoms with Crippen LogP contribution in [0.25, 0.3) is 17.0 Å². The van der Waals surface area contributed by atoms with E-state index in [1.165, 1.54) is 11.8 Å². The van der Waals surface area contributed by atoms with Gasteiger partial charge in [-0.05, 0) is 68.8 Å². The number of aliphatic hydroxyl groups excluding tert-OH is 1. The molecule has 0 fully saturated rings. The average Bonchev–Trinajstić information content (AvgIpc) is 3.44. The van der Waals surface area contributed by atoms with Crippen LogP contribution in [-0.2, 0) is 16.1 Å². The monoisotopic (exact) mass is 650 g/mol. The summed E-state index contributed by atoms with van der Waals surface area (Å²) in [6.45, 7) is 5.15. The van der Waals surface area contributed by atoms with Gasteiger partial charge in [0.25, 0.3) is 0 Å². The number of thioether (sulfide) groups is 1. The highest BCUT2D eigenvalue weighted by Crippen LogP contribution is 2.41. The summed E-state index contributed by atoms with van der Waals surface area (Å²) in [5.74, 6) is -0.0688. The number of aliphatic imine (C=N–C) groups is 1. The number of carbonyl (C=O) groups excluding carboxylic acids is 1. The number of hydrogen-bond donors (Lipinski definition) is 1. The number of halogens is 2. The Morgan fingerprint density at radius 3 is 2.68 bits per heavy atom. The van der Waals surface area contributed by atoms with Crippen LogP contribution >= 0.6 is 39.3 Å². The Morgan fingerprint density at radius 1 is 1.15 bits per heavy atom. The van der Waals surface area contributed by atoms with Crippen LogP contribution in [-0.4, -0.2) is 33.9 Å². The van der Waals surface area contributed by atoms with Crippen LogP contribution in [0, 0.1) is 6.92 Å². The molecule has 1 aromatic heterocycles. The Kier molecular flexibility index (Phi) is 9.22. The second-order valence-electron chi connectivity index (χ2n) is 9.38. The van der Waals surface area contributed by atoms with Gasteiger partial charge >= 0.3 is 5.97 Å². The molecule has 6 nitrogen and oxygen atoms in total. The fourth-order valence-corrected chi connectivity index (χ4v) is 6.02. The summed E-state index contributed by atoms with van der Waals surface area (Å²) in [6.07, 6.45) is 4.70. The third kappa shape index (κ3) is 6.72. The van der Waals surface area contributed by atoms with Gasteiger partial charge in [-0.1, -0.05) is 69.1 Å². The number of fused-ring (bicyclic) bond motifs is 1. The van der Waals surface area contributed by atoms with E-state index in [0.717, 1.165) is 39.5 Å². The molecule has 0 saturated heterocycles. The molecule has 1 aliphatic rings. The smallest absolute Gasteiger partial charge is 0.344 e. The van der Waals surface area contributed by atoms with Crippen LogP contribution in [0.1, 0.15) is 24.5 Å². The molecule has 1 N–H and O–H groups in total. The highest BCUT2D eigenvalue weighted by molar-refractivity contribution is 9.10. The van der Waals surface area contributed by atoms with Crippen molar-refractivity contribution in [2.75, 3.05) is 13.2 Å². The number of aliphatic hydroxyl groups is 1. The number of hydrogen-bond acceptors (Lipinski definition) is 6. The number of esters is 1. The fourth-order valence-electron chi connectivity index (χ4n) is 4.45. The minimum absolute atomic E-state index is 0.0744. The number of carbonyl (C=O) groups is 1. The van der Waals surface area contributed by atoms with Gasteiger partial charge in [0.05, 0.1) is 28.8 Å². The zero-order valence-corrected chi connectivity index (χ0v) is 25.7. The van der Waals surface area contributed by atoms with Crippen LogP contribution in [0.15, 0.2) is 98.6 Å². The summed E-state index contributed by atoms with van der Waals surface area (Å²) < 4.78 is 14.2. The molecule has 0 aliphatic carbocycles. The predicted molar refractivity (Wildman–Crippen MR) is 171 cm³/mol. The Balaban J connectivity index is 1.45. The maximum Gasteiger partial charge on any atom is 0.344 e. The van der Waals surface area contributed by atoms with Gasteiger partial charge in [0.1, 0.15) is 22.1 Å². The van der Waals surface area contributed by atoms with E-state index in [1.54, 1.807) is 6.92 Å². The second kappa shape index (κ2) is 13.0. The Morgan fingerprint density at radius 2 is 1.93 bits per heavy atom. The van der Waals surface area contributed by atoms with Crippen molar-refractivity contribution < 1.29 is 19.4 Å². The maximum atomic E-state index is 12.8. The minimum atomic E-state index is -0.601. The van der Waals surface area contributed by atoms with Gasteiger partial charge in [0.15, 0.2) is 0 Å². The first kappa shape index (κ1) is 29.0. The molecule has 3 aromatic carbocycles. The molecule has 4 aromatic rings. The quantitative estimate of drug-likeness (QED) is 0.144. The molecule has 0 bridgehead atoms. The molecular formula is C32H28BrClN2O4S. The lowest BCUT2D eigenvalue weighted by molar-refractivity contribution is -0.138. The Labute approximate surface area is 256 Å². The van der Waals surface area contributed by atoms with Crippen LogP contribution in [0.5, 0.6) is 5.75 Å². The largest absolute Gasteiger partial charge is 0.506 e. The summed E-state index contributed by atoms with van der Waals surface area (Å²) in [6, 6.07) is 21.2. The lowest BCUT2D eigenvalue weighted by atomic mass is 10.1. The summed E-state index contributed by atoms with van der Waals surface area (Å²) in [5.41, 5.74) is 3.82. The molecule has 1 aliphatic heterocycles. The Bertz CT molecular complexity index is 1690. The lowest BCUT2D eigenvalue weighted by Gasteiger charge is -2.09. The number of aromatic nitrogens is 1. The van der Waals surface area contributed by atoms with Crippen LogP contribution < -0.4 is 4.74 Å². The van der Waals surface area contributed by atoms with Crippen molar-refractivity contribution in [2.24, 2.45) is 4.99 Å². The van der Waals surface area contributed by atoms with E-state index in [9.17, 15) is 9.90 Å². The van der Waals surface area contributed by atoms with E-state index in [2.05, 4.69) is 31.6 Å². The van der Waals surface area contributed by atoms with Gasteiger partial charge in [0.2, 0.25) is 0 Å². The second-order valence-corrected chi connectivity index (χ2v) is 11.7. The molecule has 5 rings (SSSR count). The standard InChI is InChI=1S/C32H28BrClN2O4S/c1-3-39-32(38)29-30(37)28(41-31(29)35-23-12-9-20(2)10-13-23)17-21-19-36(26-14-11-22(33)18-24(21)26)15-6-16-40-27-8-5-4-7-25(27)34/h4-5,7-14,17-19,37H,3,6,15-16H2,1-2H3/b28-17-,35-31?. The van der Waals surface area contributed by atoms with Gasteiger partial charge in [-0.3, -0.25) is 0 Å². The molecule has 0 saturated carbocycles. The molecule has 0 spiro atoms. The Hall–Kier alpha value is -3.46. The number of benzene rings is 3. The topological polar surface area (TPSA) is 73.0 Å². The lowest BCUT2D eigenvalue weighted by Crippen LogP contribution is -2.12. The summed E-state index contributed by atoms with van der Waals surface area (Å²) >= 11 is 11.1. The molecule has 210 valence electrons. The first-order valence-corrected chi connectivity index (χ1v) is 15.1. The fraction of sp³-hybridized carbons (Fsp3) is 0.188. The highest BCUT2D eigenvalue weighted by Gasteiger charge is 2.33. The predicted octanol–water partition coefficient (Wildman–Crippen LogP) is 9.03. The van der Waals surface area contributed by atoms with Gasteiger partial charge in [-0.25, -0.2) is 9.79 Å². The molecule has 9 heteroatoms. The van der Waals surface area contributed by atoms with E-state index >= 15 is 0 Å². The SMILES string of the molecule is CCOC(=O)C1=C(O)/C(=C/c2cn(CCCOc3ccccc3Cl)c3ccc(Br)cc23)SC1=Nc1ccc(C)cc1. The van der Waals surface area contributed by atoms with E-state index in [-0.39, 0.29) is 17.9 Å². The van der Waals surface area contributed by atoms with E-state index in [0.29, 0.717) is 33.0 Å². The third-order valence-corrected chi connectivity index (χ3v) is 8.26. The van der Waals surface area contributed by atoms with Crippen LogP contribution in [0.2, 0.25) is 5.02 Å². The first-order chi connectivity index (χ1) is 19.8. The number of para-hydroxylation sites is 1. The minimum Gasteiger partial charge on any atom is -0.506 e. The van der Waals surface area contributed by atoms with Crippen molar-refractivity contribution in [3.05, 3.63) is 110 Å². The molecule has 0 atom stereocenters. The number of nitrogens with zero attached hydrogens (tertiary/aromatic N) is 2. The van der Waals surface area contributed by atoms with Gasteiger partial charge in [-0.2, -0.15) is 0 Å². The van der Waals surface area contributed by atoms with Gasteiger partial charge in [0, 0.05) is 33.7 Å². The van der Waals surface area contributed by atoms with Crippen molar-refractivity contribution in [3.8, 4) is 5.75 Å². The average molecular weight is 652 g/mol. The highest BCUT2D eigenvalue weighted by atomic mass is 79.9. The zero-order valence-electron chi connectivity index (χ0n) is 22.6. The van der Waals surface area contributed by atoms with Crippen molar-refractivity contribution >= 4 is 73.0 Å². The van der Waals surface area contributed by atoms with Crippen molar-refractivity contribution in [2.45, 2.75) is 26.8 Å². The van der Waals surface area contributed by atoms with Gasteiger partial charge in [-0.15, -0.1) is 0 Å². The first-order valence-electron chi connectivity index (χ1n) is 13.2. The van der Waals surface area contributed by atoms with Crippen molar-refractivity contribution in [3.63, 3.8) is 0 Å². The van der Waals surface area contributed by atoms with E-state index < -0.39 is 5.97 Å². The van der Waals surface area contributed by atoms with Crippen LogP contribution in [0.3, 0.4) is 0 Å². The molecule has 2 heterocycles. The van der Waals surface area contributed by atoms with Gasteiger partial charge < -0.3 is 19.1 Å². The molecule has 0 unspecified atom stereocenters. The maximum absolute atomic E-state index is 12.8. The molecule has 0 radical (unpaired) electrons. The number of ether oxygens (including phenoxy) is 2. The summed E-state index contributed by atoms with van der Waals surface area (Å²) in [4.78, 5) is 18.0. The molecular weight excluding hydrogens is 624 g/mol. The van der Waals surface area contributed by atoms with Crippen molar-refractivity contribution in [1.29, 1.82) is 0 Å². The van der Waals surface area contributed by atoms with Crippen molar-refractivity contribution in [1.82, 2.24) is 4.57 Å². The normalized spacial score (nSPS) is 15.3. The number of rotatable bonds is 9. The van der Waals surface area contributed by atoms with Crippen LogP contribution in [0.4, 0.5) is 5.69 Å². The molecule has 41 heavy (non-hydrogen) atoms. The number of aryl methyl sites for hydroxylation is 2. The zero-order chi connectivity index (χ0) is 28.9. The van der Waals surface area contributed by atoms with E-state index in [1.807, 2.05) is 79.9 Å². The summed E-state index contributed by atoms with van der Waals surface area (Å²) in [7, 11) is 0. The molecule has 0 amide bonds. The third-order valence-electron chi connectivity index (χ3n) is 6.43.